The fourth-order valence-electron chi connectivity index (χ4n) is 5.08. The van der Waals surface area contributed by atoms with Crippen LogP contribution in [0.3, 0.4) is 0 Å². The van der Waals surface area contributed by atoms with Crippen molar-refractivity contribution in [3.8, 4) is 5.75 Å². The third-order valence-corrected chi connectivity index (χ3v) is 6.52. The molecule has 2 amide bonds. The smallest absolute Gasteiger partial charge is 0.275 e. The Morgan fingerprint density at radius 3 is 2.80 bits per heavy atom. The van der Waals surface area contributed by atoms with Gasteiger partial charge < -0.3 is 19.9 Å². The van der Waals surface area contributed by atoms with Crippen molar-refractivity contribution >= 4 is 11.8 Å². The van der Waals surface area contributed by atoms with E-state index in [2.05, 4.69) is 5.32 Å². The second-order valence-electron chi connectivity index (χ2n) is 8.15. The lowest BCUT2D eigenvalue weighted by atomic mass is 9.95. The summed E-state index contributed by atoms with van der Waals surface area (Å²) >= 11 is 0. The van der Waals surface area contributed by atoms with Crippen LogP contribution >= 0.6 is 0 Å². The summed E-state index contributed by atoms with van der Waals surface area (Å²) in [6.07, 6.45) is 4.18. The number of piperidine rings is 1. The van der Waals surface area contributed by atoms with Gasteiger partial charge >= 0.3 is 0 Å². The molecule has 2 aliphatic heterocycles. The number of aromatic nitrogens is 1. The zero-order valence-electron chi connectivity index (χ0n) is 15.9. The number of benzene rings is 1. The third-order valence-electron chi connectivity index (χ3n) is 6.52. The number of fused-ring (bicyclic) bond motifs is 6. The van der Waals surface area contributed by atoms with Crippen LogP contribution in [0, 0.1) is 17.6 Å². The molecule has 5 rings (SSSR count). The summed E-state index contributed by atoms with van der Waals surface area (Å²) in [5.41, 5.74) is -1.32. The Hall–Kier alpha value is -3.23. The maximum absolute atomic E-state index is 13.8. The predicted octanol–water partition coefficient (Wildman–Crippen LogP) is 1.77. The zero-order chi connectivity index (χ0) is 21.2. The number of hydrogen-bond acceptors (Lipinski definition) is 4. The van der Waals surface area contributed by atoms with Crippen molar-refractivity contribution in [2.75, 3.05) is 0 Å². The number of hydrogen-bond donors (Lipinski definition) is 2. The molecule has 2 aromatic rings. The molecule has 1 aromatic heterocycles. The van der Waals surface area contributed by atoms with E-state index in [-0.39, 0.29) is 41.4 Å². The second-order valence-corrected chi connectivity index (χ2v) is 8.15. The first kappa shape index (κ1) is 18.8. The van der Waals surface area contributed by atoms with Crippen molar-refractivity contribution in [1.29, 1.82) is 0 Å². The Balaban J connectivity index is 1.44. The summed E-state index contributed by atoms with van der Waals surface area (Å²) in [5, 5.41) is 12.8. The predicted molar refractivity (Wildman–Crippen MR) is 101 cm³/mol. The van der Waals surface area contributed by atoms with E-state index in [9.17, 15) is 28.3 Å². The topological polar surface area (TPSA) is 91.6 Å². The van der Waals surface area contributed by atoms with Gasteiger partial charge in [0.25, 0.3) is 11.8 Å². The first-order valence-corrected chi connectivity index (χ1v) is 9.86. The van der Waals surface area contributed by atoms with Crippen molar-refractivity contribution in [1.82, 2.24) is 14.8 Å². The molecule has 1 aromatic carbocycles. The number of nitrogens with zero attached hydrogens (tertiary/aromatic N) is 2. The van der Waals surface area contributed by atoms with Gasteiger partial charge in [-0.25, -0.2) is 8.78 Å². The van der Waals surface area contributed by atoms with Crippen LogP contribution in [0.25, 0.3) is 0 Å². The molecule has 3 aliphatic rings. The highest BCUT2D eigenvalue weighted by Crippen LogP contribution is 2.45. The molecule has 3 heterocycles. The van der Waals surface area contributed by atoms with Crippen LogP contribution < -0.4 is 10.7 Å². The molecule has 0 radical (unpaired) electrons. The Kier molecular flexibility index (Phi) is 4.16. The van der Waals surface area contributed by atoms with E-state index in [1.165, 1.54) is 16.8 Å². The van der Waals surface area contributed by atoms with Crippen LogP contribution in [0.1, 0.15) is 45.7 Å². The first-order chi connectivity index (χ1) is 14.3. The van der Waals surface area contributed by atoms with Gasteiger partial charge in [-0.2, -0.15) is 0 Å². The van der Waals surface area contributed by atoms with Crippen molar-refractivity contribution < 1.29 is 23.5 Å². The zero-order valence-corrected chi connectivity index (χ0v) is 15.9. The van der Waals surface area contributed by atoms with Crippen molar-refractivity contribution in [2.24, 2.45) is 5.92 Å². The number of aromatic hydroxyl groups is 1. The van der Waals surface area contributed by atoms with E-state index in [4.69, 9.17) is 0 Å². The van der Waals surface area contributed by atoms with E-state index in [1.807, 2.05) is 0 Å². The summed E-state index contributed by atoms with van der Waals surface area (Å²) in [7, 11) is 0. The molecule has 9 heteroatoms. The molecule has 1 saturated carbocycles. The van der Waals surface area contributed by atoms with Crippen LogP contribution in [-0.4, -0.2) is 38.5 Å². The average molecular weight is 415 g/mol. The molecule has 7 nitrogen and oxygen atoms in total. The van der Waals surface area contributed by atoms with Gasteiger partial charge in [-0.05, 0) is 31.2 Å². The number of carbonyl (C=O) groups is 2. The molecule has 0 unspecified atom stereocenters. The SMILES string of the molecule is O=C(NCc1ccc(F)cc1F)c1cn2c(c(O)c1=O)C(=O)N1[C@H]3CC[C@H](C3)[C@@H]1C2. The fourth-order valence-corrected chi connectivity index (χ4v) is 5.08. The van der Waals surface area contributed by atoms with Gasteiger partial charge in [-0.15, -0.1) is 0 Å². The van der Waals surface area contributed by atoms with E-state index in [0.29, 0.717) is 18.5 Å². The molecular weight excluding hydrogens is 396 g/mol. The van der Waals surface area contributed by atoms with Gasteiger partial charge in [0.15, 0.2) is 11.4 Å². The second kappa shape index (κ2) is 6.65. The molecule has 2 fully saturated rings. The van der Waals surface area contributed by atoms with Crippen LogP contribution in [0.5, 0.6) is 5.75 Å². The van der Waals surface area contributed by atoms with Crippen molar-refractivity contribution in [3.05, 3.63) is 63.1 Å². The van der Waals surface area contributed by atoms with Crippen molar-refractivity contribution in [3.63, 3.8) is 0 Å². The average Bonchev–Trinajstić information content (AvgIpc) is 3.32. The normalized spacial score (nSPS) is 24.0. The largest absolute Gasteiger partial charge is 0.503 e. The molecule has 2 bridgehead atoms. The molecule has 30 heavy (non-hydrogen) atoms. The first-order valence-electron chi connectivity index (χ1n) is 9.86. The number of rotatable bonds is 3. The number of nitrogens with one attached hydrogen (secondary N) is 1. The van der Waals surface area contributed by atoms with Crippen LogP contribution in [-0.2, 0) is 13.1 Å². The minimum Gasteiger partial charge on any atom is -0.503 e. The van der Waals surface area contributed by atoms with Crippen molar-refractivity contribution in [2.45, 2.75) is 44.4 Å². The van der Waals surface area contributed by atoms with E-state index < -0.39 is 28.7 Å². The Bertz CT molecular complexity index is 1150. The van der Waals surface area contributed by atoms with E-state index >= 15 is 0 Å². The minimum atomic E-state index is -0.950. The van der Waals surface area contributed by atoms with Gasteiger partial charge in [0.2, 0.25) is 5.43 Å². The summed E-state index contributed by atoms with van der Waals surface area (Å²) < 4.78 is 28.3. The summed E-state index contributed by atoms with van der Waals surface area (Å²) in [5.74, 6) is -3.11. The van der Waals surface area contributed by atoms with Crippen LogP contribution in [0.4, 0.5) is 8.78 Å². The highest BCUT2D eigenvalue weighted by atomic mass is 19.1. The van der Waals surface area contributed by atoms with E-state index in [0.717, 1.165) is 25.3 Å². The summed E-state index contributed by atoms with van der Waals surface area (Å²) in [6, 6.07) is 3.11. The molecule has 3 atom stereocenters. The fraction of sp³-hybridized carbons (Fsp3) is 0.381. The Morgan fingerprint density at radius 2 is 2.03 bits per heavy atom. The van der Waals surface area contributed by atoms with Gasteiger partial charge in [-0.3, -0.25) is 14.4 Å². The van der Waals surface area contributed by atoms with Crippen LogP contribution in [0.2, 0.25) is 0 Å². The maximum atomic E-state index is 13.8. The van der Waals surface area contributed by atoms with Gasteiger partial charge in [0.1, 0.15) is 17.2 Å². The molecule has 1 saturated heterocycles. The Labute approximate surface area is 169 Å². The molecular formula is C21H19F2N3O4. The number of amides is 2. The summed E-state index contributed by atoms with van der Waals surface area (Å²) in [4.78, 5) is 39.9. The maximum Gasteiger partial charge on any atom is 0.275 e. The highest BCUT2D eigenvalue weighted by Gasteiger charge is 2.51. The van der Waals surface area contributed by atoms with E-state index in [1.54, 1.807) is 4.90 Å². The molecule has 1 aliphatic carbocycles. The number of carbonyl (C=O) groups excluding carboxylic acids is 2. The molecule has 156 valence electrons. The lowest BCUT2D eigenvalue weighted by molar-refractivity contribution is 0.0482. The lowest BCUT2D eigenvalue weighted by Gasteiger charge is -2.40. The quantitative estimate of drug-likeness (QED) is 0.799. The highest BCUT2D eigenvalue weighted by molar-refractivity contribution is 5.99. The minimum absolute atomic E-state index is 0.00475. The van der Waals surface area contributed by atoms with Gasteiger partial charge in [-0.1, -0.05) is 6.07 Å². The number of halogens is 2. The van der Waals surface area contributed by atoms with Gasteiger partial charge in [0.05, 0.1) is 6.04 Å². The van der Waals surface area contributed by atoms with Crippen LogP contribution in [0.15, 0.2) is 29.2 Å². The monoisotopic (exact) mass is 415 g/mol. The summed E-state index contributed by atoms with van der Waals surface area (Å²) in [6.45, 7) is 0.148. The standard InChI is InChI=1S/C21H19F2N3O4/c22-12-3-1-11(15(23)6-12)7-24-20(29)14-8-25-9-16-10-2-4-13(5-10)26(16)21(30)17(25)19(28)18(14)27/h1,3,6,8,10,13,16,28H,2,4-5,7,9H2,(H,24,29)/t10-,13+,16+/m1/s1. The Morgan fingerprint density at radius 1 is 1.23 bits per heavy atom. The lowest BCUT2D eigenvalue weighted by Crippen LogP contribution is -2.52. The third kappa shape index (κ3) is 2.72. The molecule has 0 spiro atoms. The van der Waals surface area contributed by atoms with Gasteiger partial charge in [0, 0.05) is 37.0 Å². The number of pyridine rings is 1. The molecule has 2 N–H and O–H groups in total.